The van der Waals surface area contributed by atoms with Crippen molar-refractivity contribution in [3.63, 3.8) is 0 Å². The Morgan fingerprint density at radius 3 is 2.52 bits per heavy atom. The lowest BCUT2D eigenvalue weighted by molar-refractivity contribution is -0.126. The van der Waals surface area contributed by atoms with Gasteiger partial charge in [0.25, 0.3) is 0 Å². The van der Waals surface area contributed by atoms with E-state index in [0.717, 1.165) is 5.56 Å². The van der Waals surface area contributed by atoms with Gasteiger partial charge in [-0.25, -0.2) is 4.39 Å². The Morgan fingerprint density at radius 1 is 1.12 bits per heavy atom. The van der Waals surface area contributed by atoms with Gasteiger partial charge in [0, 0.05) is 11.6 Å². The zero-order valence-electron chi connectivity index (χ0n) is 13.6. The van der Waals surface area contributed by atoms with Gasteiger partial charge >= 0.3 is 0 Å². The van der Waals surface area contributed by atoms with Crippen molar-refractivity contribution in [1.82, 2.24) is 5.32 Å². The molecular formula is C18H18ClFN2O3. The molecule has 0 radical (unpaired) electrons. The van der Waals surface area contributed by atoms with E-state index < -0.39 is 11.8 Å². The molecule has 0 saturated carbocycles. The van der Waals surface area contributed by atoms with Gasteiger partial charge in [0.15, 0.2) is 0 Å². The second kappa shape index (κ2) is 9.03. The summed E-state index contributed by atoms with van der Waals surface area (Å²) >= 11 is 5.89. The normalized spacial score (nSPS) is 10.2. The van der Waals surface area contributed by atoms with E-state index in [1.807, 2.05) is 0 Å². The van der Waals surface area contributed by atoms with Crippen LogP contribution in [-0.4, -0.2) is 25.5 Å². The highest BCUT2D eigenvalue weighted by Crippen LogP contribution is 2.27. The van der Waals surface area contributed by atoms with Gasteiger partial charge < -0.3 is 15.4 Å². The minimum Gasteiger partial charge on any atom is -0.495 e. The number of carbonyl (C=O) groups excluding carboxylic acids is 2. The van der Waals surface area contributed by atoms with Crippen LogP contribution < -0.4 is 15.4 Å². The quantitative estimate of drug-likeness (QED) is 0.741. The third-order valence-electron chi connectivity index (χ3n) is 3.41. The van der Waals surface area contributed by atoms with Crippen LogP contribution in [0.3, 0.4) is 0 Å². The Morgan fingerprint density at radius 2 is 1.84 bits per heavy atom. The van der Waals surface area contributed by atoms with E-state index in [1.54, 1.807) is 30.3 Å². The van der Waals surface area contributed by atoms with E-state index in [-0.39, 0.29) is 12.2 Å². The number of nitrogens with one attached hydrogen (secondary N) is 2. The molecule has 0 spiro atoms. The van der Waals surface area contributed by atoms with Crippen LogP contribution in [0, 0.1) is 5.82 Å². The van der Waals surface area contributed by atoms with Crippen LogP contribution in [0.25, 0.3) is 0 Å². The molecule has 0 bridgehead atoms. The molecule has 0 aromatic heterocycles. The summed E-state index contributed by atoms with van der Waals surface area (Å²) in [5.74, 6) is -0.726. The summed E-state index contributed by atoms with van der Waals surface area (Å²) in [7, 11) is 1.47. The van der Waals surface area contributed by atoms with Crippen molar-refractivity contribution in [2.45, 2.75) is 12.8 Å². The Labute approximate surface area is 150 Å². The molecule has 25 heavy (non-hydrogen) atoms. The lowest BCUT2D eigenvalue weighted by Gasteiger charge is -2.10. The first-order valence-electron chi connectivity index (χ1n) is 7.62. The van der Waals surface area contributed by atoms with E-state index in [4.69, 9.17) is 16.3 Å². The second-order valence-corrected chi connectivity index (χ2v) is 5.73. The first-order chi connectivity index (χ1) is 12.0. The molecule has 0 aliphatic rings. The molecule has 0 aliphatic carbocycles. The Hall–Kier alpha value is -2.60. The molecule has 2 aromatic carbocycles. The Balaban J connectivity index is 1.79. The number of methoxy groups -OCH3 is 1. The van der Waals surface area contributed by atoms with Crippen molar-refractivity contribution in [2.24, 2.45) is 0 Å². The minimum atomic E-state index is -0.472. The van der Waals surface area contributed by atoms with E-state index in [9.17, 15) is 14.0 Å². The summed E-state index contributed by atoms with van der Waals surface area (Å²) in [4.78, 5) is 23.8. The van der Waals surface area contributed by atoms with E-state index >= 15 is 0 Å². The SMILES string of the molecule is COc1ccc(Cl)cc1NC(=O)CC(=O)NCCc1ccc(F)cc1. The highest BCUT2D eigenvalue weighted by Gasteiger charge is 2.12. The molecule has 0 unspecified atom stereocenters. The monoisotopic (exact) mass is 364 g/mol. The minimum absolute atomic E-state index is 0.305. The number of anilines is 1. The van der Waals surface area contributed by atoms with Crippen LogP contribution in [0.5, 0.6) is 5.75 Å². The van der Waals surface area contributed by atoms with Crippen molar-refractivity contribution in [2.75, 3.05) is 19.0 Å². The summed E-state index contributed by atoms with van der Waals surface area (Å²) in [5, 5.41) is 5.69. The zero-order chi connectivity index (χ0) is 18.2. The third kappa shape index (κ3) is 6.08. The van der Waals surface area contributed by atoms with Gasteiger partial charge in [0.2, 0.25) is 11.8 Å². The average molecular weight is 365 g/mol. The lowest BCUT2D eigenvalue weighted by Crippen LogP contribution is -2.29. The Bertz CT molecular complexity index is 750. The fourth-order valence-corrected chi connectivity index (χ4v) is 2.35. The van der Waals surface area contributed by atoms with Gasteiger partial charge in [-0.3, -0.25) is 9.59 Å². The van der Waals surface area contributed by atoms with Gasteiger partial charge in [-0.1, -0.05) is 23.7 Å². The molecule has 2 amide bonds. The Kier molecular flexibility index (Phi) is 6.77. The van der Waals surface area contributed by atoms with Gasteiger partial charge in [-0.15, -0.1) is 0 Å². The fraction of sp³-hybridized carbons (Fsp3) is 0.222. The number of benzene rings is 2. The molecule has 5 nitrogen and oxygen atoms in total. The van der Waals surface area contributed by atoms with Crippen molar-refractivity contribution in [3.8, 4) is 5.75 Å². The largest absolute Gasteiger partial charge is 0.495 e. The second-order valence-electron chi connectivity index (χ2n) is 5.30. The van der Waals surface area contributed by atoms with Crippen LogP contribution in [0.2, 0.25) is 5.02 Å². The third-order valence-corrected chi connectivity index (χ3v) is 3.64. The van der Waals surface area contributed by atoms with Crippen LogP contribution in [-0.2, 0) is 16.0 Å². The van der Waals surface area contributed by atoms with Crippen molar-refractivity contribution < 1.29 is 18.7 Å². The predicted molar refractivity (Wildman–Crippen MR) is 94.4 cm³/mol. The maximum Gasteiger partial charge on any atom is 0.233 e. The lowest BCUT2D eigenvalue weighted by atomic mass is 10.1. The standard InChI is InChI=1S/C18H18ClFN2O3/c1-25-16-7-4-13(19)10-15(16)22-18(24)11-17(23)21-9-8-12-2-5-14(20)6-3-12/h2-7,10H,8-9,11H2,1H3,(H,21,23)(H,22,24). The van der Waals surface area contributed by atoms with Crippen LogP contribution in [0.4, 0.5) is 10.1 Å². The van der Waals surface area contributed by atoms with Crippen molar-refractivity contribution in [3.05, 3.63) is 58.9 Å². The zero-order valence-corrected chi connectivity index (χ0v) is 14.4. The highest BCUT2D eigenvalue weighted by atomic mass is 35.5. The topological polar surface area (TPSA) is 67.4 Å². The average Bonchev–Trinajstić information content (AvgIpc) is 2.57. The van der Waals surface area contributed by atoms with Crippen LogP contribution >= 0.6 is 11.6 Å². The molecule has 2 aromatic rings. The molecule has 0 atom stereocenters. The highest BCUT2D eigenvalue weighted by molar-refractivity contribution is 6.31. The van der Waals surface area contributed by atoms with Gasteiger partial charge in [-0.2, -0.15) is 0 Å². The molecular weight excluding hydrogens is 347 g/mol. The van der Waals surface area contributed by atoms with E-state index in [1.165, 1.54) is 19.2 Å². The first kappa shape index (κ1) is 18.7. The molecule has 0 aliphatic heterocycles. The molecule has 132 valence electrons. The number of hydrogen-bond donors (Lipinski definition) is 2. The van der Waals surface area contributed by atoms with Gasteiger partial charge in [-0.05, 0) is 42.3 Å². The predicted octanol–water partition coefficient (Wildman–Crippen LogP) is 3.18. The van der Waals surface area contributed by atoms with Gasteiger partial charge in [0.05, 0.1) is 12.8 Å². The van der Waals surface area contributed by atoms with Gasteiger partial charge in [0.1, 0.15) is 18.0 Å². The smallest absolute Gasteiger partial charge is 0.233 e. The van der Waals surface area contributed by atoms with E-state index in [2.05, 4.69) is 10.6 Å². The summed E-state index contributed by atoms with van der Waals surface area (Å²) < 4.78 is 17.9. The molecule has 2 N–H and O–H groups in total. The van der Waals surface area contributed by atoms with Crippen LogP contribution in [0.15, 0.2) is 42.5 Å². The van der Waals surface area contributed by atoms with Crippen molar-refractivity contribution in [1.29, 1.82) is 0 Å². The maximum absolute atomic E-state index is 12.8. The molecule has 7 heteroatoms. The number of carbonyl (C=O) groups is 2. The number of rotatable bonds is 7. The fourth-order valence-electron chi connectivity index (χ4n) is 2.18. The van der Waals surface area contributed by atoms with E-state index in [0.29, 0.717) is 29.4 Å². The number of hydrogen-bond acceptors (Lipinski definition) is 3. The number of ether oxygens (including phenoxy) is 1. The first-order valence-corrected chi connectivity index (χ1v) is 8.00. The number of halogens is 2. The molecule has 2 rings (SSSR count). The summed E-state index contributed by atoms with van der Waals surface area (Å²) in [6.07, 6.45) is 0.231. The van der Waals surface area contributed by atoms with Crippen LogP contribution in [0.1, 0.15) is 12.0 Å². The molecule has 0 saturated heterocycles. The molecule has 0 fully saturated rings. The summed E-state index contributed by atoms with van der Waals surface area (Å²) in [5.41, 5.74) is 1.30. The summed E-state index contributed by atoms with van der Waals surface area (Å²) in [6, 6.07) is 10.8. The van der Waals surface area contributed by atoms with Crippen molar-refractivity contribution >= 4 is 29.1 Å². The maximum atomic E-state index is 12.8. The number of amides is 2. The summed E-state index contributed by atoms with van der Waals surface area (Å²) in [6.45, 7) is 0.359. The molecule has 0 heterocycles.